The first kappa shape index (κ1) is 10.7. The molecule has 0 spiro atoms. The number of rotatable bonds is 4. The lowest BCUT2D eigenvalue weighted by Crippen LogP contribution is -2.14. The molecule has 0 fully saturated rings. The molecule has 0 atom stereocenters. The summed E-state index contributed by atoms with van der Waals surface area (Å²) in [7, 11) is 0. The lowest BCUT2D eigenvalue weighted by molar-refractivity contribution is 0.446. The number of hydrogen-bond acceptors (Lipinski definition) is 6. The van der Waals surface area contributed by atoms with Crippen LogP contribution < -0.4 is 5.32 Å². The molecule has 1 N–H and O–H groups in total. The van der Waals surface area contributed by atoms with Crippen molar-refractivity contribution in [2.45, 2.75) is 26.9 Å². The third kappa shape index (κ3) is 2.83. The van der Waals surface area contributed by atoms with Crippen molar-refractivity contribution in [2.75, 3.05) is 0 Å². The van der Waals surface area contributed by atoms with Crippen molar-refractivity contribution in [3.63, 3.8) is 0 Å². The summed E-state index contributed by atoms with van der Waals surface area (Å²) in [5, 5.41) is 10.8. The van der Waals surface area contributed by atoms with E-state index in [1.807, 2.05) is 13.0 Å². The molecule has 0 aliphatic carbocycles. The molecule has 6 heteroatoms. The molecule has 0 bridgehead atoms. The molecule has 0 aliphatic rings. The maximum atomic E-state index is 5.23. The Morgan fingerprint density at radius 3 is 2.81 bits per heavy atom. The maximum Gasteiger partial charge on any atom is 0.230 e. The largest absolute Gasteiger partial charge is 0.424 e. The summed E-state index contributed by atoms with van der Waals surface area (Å²) in [5.74, 6) is 1.94. The van der Waals surface area contributed by atoms with Crippen molar-refractivity contribution in [1.82, 2.24) is 25.5 Å². The molecule has 2 rings (SSSR count). The van der Waals surface area contributed by atoms with Crippen LogP contribution in [0, 0.1) is 13.8 Å². The van der Waals surface area contributed by atoms with E-state index in [1.54, 1.807) is 13.1 Å². The Balaban J connectivity index is 1.84. The van der Waals surface area contributed by atoms with Gasteiger partial charge in [-0.3, -0.25) is 0 Å². The fraction of sp³-hybridized carbons (Fsp3) is 0.400. The first-order valence-corrected chi connectivity index (χ1v) is 5.02. The van der Waals surface area contributed by atoms with Gasteiger partial charge in [0.15, 0.2) is 0 Å². The van der Waals surface area contributed by atoms with Crippen molar-refractivity contribution in [1.29, 1.82) is 0 Å². The van der Waals surface area contributed by atoms with Crippen molar-refractivity contribution >= 4 is 0 Å². The Bertz CT molecular complexity index is 468. The van der Waals surface area contributed by atoms with Gasteiger partial charge in [0.05, 0.1) is 12.2 Å². The smallest absolute Gasteiger partial charge is 0.230 e. The first-order chi connectivity index (χ1) is 7.74. The van der Waals surface area contributed by atoms with E-state index in [1.165, 1.54) is 0 Å². The fourth-order valence-corrected chi connectivity index (χ4v) is 1.31. The zero-order chi connectivity index (χ0) is 11.4. The average molecular weight is 219 g/mol. The van der Waals surface area contributed by atoms with Gasteiger partial charge in [-0.2, -0.15) is 0 Å². The summed E-state index contributed by atoms with van der Waals surface area (Å²) in [5.41, 5.74) is 0.948. The number of nitrogens with one attached hydrogen (secondary N) is 1. The fourth-order valence-electron chi connectivity index (χ4n) is 1.31. The van der Waals surface area contributed by atoms with E-state index < -0.39 is 0 Å². The zero-order valence-corrected chi connectivity index (χ0v) is 9.27. The van der Waals surface area contributed by atoms with Crippen LogP contribution in [-0.2, 0) is 13.1 Å². The van der Waals surface area contributed by atoms with Crippen LogP contribution in [0.25, 0.3) is 0 Å². The van der Waals surface area contributed by atoms with Gasteiger partial charge in [-0.15, -0.1) is 10.2 Å². The van der Waals surface area contributed by atoms with E-state index in [4.69, 9.17) is 4.42 Å². The Kier molecular flexibility index (Phi) is 3.21. The van der Waals surface area contributed by atoms with Crippen molar-refractivity contribution in [3.05, 3.63) is 35.6 Å². The van der Waals surface area contributed by atoms with Crippen LogP contribution in [0.1, 0.15) is 23.3 Å². The second-order valence-corrected chi connectivity index (χ2v) is 3.41. The molecule has 0 amide bonds. The quantitative estimate of drug-likeness (QED) is 0.818. The summed E-state index contributed by atoms with van der Waals surface area (Å²) in [6.45, 7) is 4.84. The Morgan fingerprint density at radius 2 is 2.12 bits per heavy atom. The van der Waals surface area contributed by atoms with Gasteiger partial charge >= 0.3 is 0 Å². The van der Waals surface area contributed by atoms with Crippen LogP contribution in [0.3, 0.4) is 0 Å². The van der Waals surface area contributed by atoms with Gasteiger partial charge in [0, 0.05) is 19.7 Å². The highest BCUT2D eigenvalue weighted by Gasteiger charge is 2.01. The van der Waals surface area contributed by atoms with Crippen molar-refractivity contribution in [2.24, 2.45) is 0 Å². The topological polar surface area (TPSA) is 76.7 Å². The lowest BCUT2D eigenvalue weighted by Gasteiger charge is -2.01. The molecule has 0 unspecified atom stereocenters. The Labute approximate surface area is 93.1 Å². The molecule has 0 saturated heterocycles. The zero-order valence-electron chi connectivity index (χ0n) is 9.27. The van der Waals surface area contributed by atoms with Crippen LogP contribution in [0.15, 0.2) is 16.7 Å². The van der Waals surface area contributed by atoms with Crippen LogP contribution >= 0.6 is 0 Å². The highest BCUT2D eigenvalue weighted by molar-refractivity contribution is 5.01. The van der Waals surface area contributed by atoms with Crippen LogP contribution in [0.2, 0.25) is 0 Å². The predicted octanol–water partition coefficient (Wildman–Crippen LogP) is 0.766. The minimum Gasteiger partial charge on any atom is -0.424 e. The monoisotopic (exact) mass is 219 g/mol. The highest BCUT2D eigenvalue weighted by atomic mass is 16.4. The van der Waals surface area contributed by atoms with Gasteiger partial charge in [0.25, 0.3) is 0 Å². The van der Waals surface area contributed by atoms with E-state index in [-0.39, 0.29) is 0 Å². The molecular formula is C10H13N5O. The van der Waals surface area contributed by atoms with E-state index in [0.29, 0.717) is 24.9 Å². The summed E-state index contributed by atoms with van der Waals surface area (Å²) < 4.78 is 5.23. The number of hydrogen-bond donors (Lipinski definition) is 1. The van der Waals surface area contributed by atoms with Crippen molar-refractivity contribution < 1.29 is 4.42 Å². The molecule has 6 nitrogen and oxygen atoms in total. The lowest BCUT2D eigenvalue weighted by atomic mass is 10.4. The number of aryl methyl sites for hydroxylation is 2. The van der Waals surface area contributed by atoms with Gasteiger partial charge < -0.3 is 9.73 Å². The SMILES string of the molecule is Cc1nccc(CNCc2nnc(C)o2)n1. The second kappa shape index (κ2) is 4.80. The highest BCUT2D eigenvalue weighted by Crippen LogP contribution is 1.98. The normalized spacial score (nSPS) is 10.6. The summed E-state index contributed by atoms with van der Waals surface area (Å²) in [4.78, 5) is 8.30. The molecular weight excluding hydrogens is 206 g/mol. The number of nitrogens with zero attached hydrogens (tertiary/aromatic N) is 4. The summed E-state index contributed by atoms with van der Waals surface area (Å²) in [6, 6.07) is 1.87. The molecule has 2 heterocycles. The Hall–Kier alpha value is -1.82. The number of aromatic nitrogens is 4. The molecule has 16 heavy (non-hydrogen) atoms. The average Bonchev–Trinajstić information content (AvgIpc) is 2.64. The minimum absolute atomic E-state index is 0.546. The van der Waals surface area contributed by atoms with E-state index in [0.717, 1.165) is 11.5 Å². The summed E-state index contributed by atoms with van der Waals surface area (Å²) >= 11 is 0. The first-order valence-electron chi connectivity index (χ1n) is 5.02. The maximum absolute atomic E-state index is 5.23. The van der Waals surface area contributed by atoms with Crippen molar-refractivity contribution in [3.8, 4) is 0 Å². The molecule has 0 aromatic carbocycles. The van der Waals surface area contributed by atoms with Gasteiger partial charge in [-0.05, 0) is 13.0 Å². The molecule has 84 valence electrons. The van der Waals surface area contributed by atoms with E-state index in [9.17, 15) is 0 Å². The van der Waals surface area contributed by atoms with Crippen LogP contribution in [0.4, 0.5) is 0 Å². The molecule has 0 aliphatic heterocycles. The molecule has 2 aromatic heterocycles. The minimum atomic E-state index is 0.546. The second-order valence-electron chi connectivity index (χ2n) is 3.41. The standard InChI is InChI=1S/C10H13N5O/c1-7-12-4-3-9(13-7)5-11-6-10-15-14-8(2)16-10/h3-4,11H,5-6H2,1-2H3. The summed E-state index contributed by atoms with van der Waals surface area (Å²) in [6.07, 6.45) is 1.75. The van der Waals surface area contributed by atoms with E-state index >= 15 is 0 Å². The van der Waals surface area contributed by atoms with Gasteiger partial charge in [-0.25, -0.2) is 9.97 Å². The van der Waals surface area contributed by atoms with Gasteiger partial charge in [0.2, 0.25) is 11.8 Å². The molecule has 0 radical (unpaired) electrons. The van der Waals surface area contributed by atoms with Crippen LogP contribution in [-0.4, -0.2) is 20.2 Å². The molecule has 0 saturated carbocycles. The predicted molar refractivity (Wildman–Crippen MR) is 56.3 cm³/mol. The Morgan fingerprint density at radius 1 is 1.25 bits per heavy atom. The van der Waals surface area contributed by atoms with Crippen LogP contribution in [0.5, 0.6) is 0 Å². The van der Waals surface area contributed by atoms with Gasteiger partial charge in [-0.1, -0.05) is 0 Å². The third-order valence-electron chi connectivity index (χ3n) is 1.98. The van der Waals surface area contributed by atoms with Gasteiger partial charge in [0.1, 0.15) is 5.82 Å². The van der Waals surface area contributed by atoms with E-state index in [2.05, 4.69) is 25.5 Å². The third-order valence-corrected chi connectivity index (χ3v) is 1.98. The molecule has 2 aromatic rings.